The third-order valence-electron chi connectivity index (χ3n) is 5.09. The van der Waals surface area contributed by atoms with E-state index in [1.54, 1.807) is 18.4 Å². The van der Waals surface area contributed by atoms with E-state index < -0.39 is 10.2 Å². The van der Waals surface area contributed by atoms with Gasteiger partial charge in [-0.05, 0) is 37.8 Å². The number of hydrogen-bond donors (Lipinski definition) is 0. The van der Waals surface area contributed by atoms with Gasteiger partial charge in [-0.1, -0.05) is 30.3 Å². The number of hydrogen-bond acceptors (Lipinski definition) is 3. The highest BCUT2D eigenvalue weighted by Crippen LogP contribution is 2.33. The first-order valence-corrected chi connectivity index (χ1v) is 9.87. The van der Waals surface area contributed by atoms with E-state index in [0.29, 0.717) is 12.6 Å². The summed E-state index contributed by atoms with van der Waals surface area (Å²) in [7, 11) is -0.0673. The summed E-state index contributed by atoms with van der Waals surface area (Å²) in [4.78, 5) is 2.48. The minimum atomic E-state index is -3.32. The lowest BCUT2D eigenvalue weighted by molar-refractivity contribution is 0.170. The lowest BCUT2D eigenvalue weighted by Gasteiger charge is -2.35. The number of likely N-dealkylation sites (tertiary alicyclic amines) is 1. The minimum absolute atomic E-state index is 0.119. The van der Waals surface area contributed by atoms with E-state index in [-0.39, 0.29) is 6.04 Å². The summed E-state index contributed by atoms with van der Waals surface area (Å²) in [6.07, 6.45) is 4.19. The second-order valence-electron chi connectivity index (χ2n) is 6.78. The molecule has 0 N–H and O–H groups in total. The van der Waals surface area contributed by atoms with Crippen molar-refractivity contribution in [2.75, 3.05) is 27.2 Å². The highest BCUT2D eigenvalue weighted by atomic mass is 32.2. The lowest BCUT2D eigenvalue weighted by Crippen LogP contribution is -2.50. The van der Waals surface area contributed by atoms with Crippen LogP contribution in [0.25, 0.3) is 0 Å². The van der Waals surface area contributed by atoms with Crippen LogP contribution in [0.5, 0.6) is 0 Å². The van der Waals surface area contributed by atoms with Crippen molar-refractivity contribution in [1.29, 1.82) is 0 Å². The molecular weight excluding hydrogens is 310 g/mol. The smallest absolute Gasteiger partial charge is 0.281 e. The van der Waals surface area contributed by atoms with E-state index in [1.807, 2.05) is 6.07 Å². The Hall–Kier alpha value is -0.950. The van der Waals surface area contributed by atoms with Crippen molar-refractivity contribution in [2.24, 2.45) is 0 Å². The molecule has 1 aromatic carbocycles. The van der Waals surface area contributed by atoms with Gasteiger partial charge in [-0.25, -0.2) is 0 Å². The lowest BCUT2D eigenvalue weighted by atomic mass is 10.0. The highest BCUT2D eigenvalue weighted by molar-refractivity contribution is 7.86. The van der Waals surface area contributed by atoms with E-state index >= 15 is 0 Å². The van der Waals surface area contributed by atoms with Gasteiger partial charge in [-0.2, -0.15) is 17.0 Å². The Kier molecular flexibility index (Phi) is 5.06. The SMILES string of the molecule is CN(C)S(=O)(=O)N1CCC[C@@H]1[C@H]1CCCN1Cc1ccccc1. The second kappa shape index (κ2) is 6.89. The van der Waals surface area contributed by atoms with Crippen molar-refractivity contribution in [2.45, 2.75) is 44.3 Å². The van der Waals surface area contributed by atoms with Crippen LogP contribution in [0, 0.1) is 0 Å². The number of rotatable bonds is 5. The first kappa shape index (κ1) is 16.9. The summed E-state index contributed by atoms with van der Waals surface area (Å²) in [5.74, 6) is 0. The van der Waals surface area contributed by atoms with Crippen molar-refractivity contribution in [3.8, 4) is 0 Å². The average Bonchev–Trinajstić information content (AvgIpc) is 3.16. The molecule has 6 heteroatoms. The van der Waals surface area contributed by atoms with Gasteiger partial charge in [0.15, 0.2) is 0 Å². The first-order chi connectivity index (χ1) is 11.0. The van der Waals surface area contributed by atoms with Gasteiger partial charge >= 0.3 is 0 Å². The molecule has 2 atom stereocenters. The van der Waals surface area contributed by atoms with E-state index in [9.17, 15) is 8.42 Å². The Morgan fingerprint density at radius 3 is 2.39 bits per heavy atom. The summed E-state index contributed by atoms with van der Waals surface area (Å²) < 4.78 is 28.3. The Labute approximate surface area is 140 Å². The third-order valence-corrected chi connectivity index (χ3v) is 7.06. The molecule has 0 amide bonds. The Morgan fingerprint density at radius 1 is 1.04 bits per heavy atom. The average molecular weight is 337 g/mol. The fraction of sp³-hybridized carbons (Fsp3) is 0.647. The van der Waals surface area contributed by atoms with Gasteiger partial charge in [0, 0.05) is 39.3 Å². The maximum atomic E-state index is 12.6. The van der Waals surface area contributed by atoms with Crippen molar-refractivity contribution >= 4 is 10.2 Å². The molecule has 2 aliphatic heterocycles. The van der Waals surface area contributed by atoms with Crippen LogP contribution in [0.4, 0.5) is 0 Å². The number of nitrogens with zero attached hydrogens (tertiary/aromatic N) is 3. The predicted molar refractivity (Wildman–Crippen MR) is 92.2 cm³/mol. The van der Waals surface area contributed by atoms with Gasteiger partial charge in [0.1, 0.15) is 0 Å². The summed E-state index contributed by atoms with van der Waals surface area (Å²) in [5, 5.41) is 0. The van der Waals surface area contributed by atoms with Crippen LogP contribution in [0.3, 0.4) is 0 Å². The first-order valence-electron chi connectivity index (χ1n) is 8.47. The third kappa shape index (κ3) is 3.45. The summed E-state index contributed by atoms with van der Waals surface area (Å²) in [6, 6.07) is 10.9. The van der Waals surface area contributed by atoms with Crippen LogP contribution in [0.2, 0.25) is 0 Å². The molecule has 2 fully saturated rings. The molecule has 1 aromatic rings. The molecule has 0 radical (unpaired) electrons. The van der Waals surface area contributed by atoms with E-state index in [4.69, 9.17) is 0 Å². The van der Waals surface area contributed by atoms with Gasteiger partial charge in [0.25, 0.3) is 10.2 Å². The zero-order valence-electron chi connectivity index (χ0n) is 14.1. The fourth-order valence-electron chi connectivity index (χ4n) is 3.95. The van der Waals surface area contributed by atoms with E-state index in [1.165, 1.54) is 9.87 Å². The van der Waals surface area contributed by atoms with Gasteiger partial charge in [-0.15, -0.1) is 0 Å². The van der Waals surface area contributed by atoms with Crippen molar-refractivity contribution < 1.29 is 8.42 Å². The molecule has 5 nitrogen and oxygen atoms in total. The molecule has 128 valence electrons. The van der Waals surface area contributed by atoms with E-state index in [0.717, 1.165) is 38.8 Å². The Morgan fingerprint density at radius 2 is 1.70 bits per heavy atom. The fourth-order valence-corrected chi connectivity index (χ4v) is 5.32. The van der Waals surface area contributed by atoms with Crippen LogP contribution < -0.4 is 0 Å². The maximum absolute atomic E-state index is 12.6. The number of benzene rings is 1. The minimum Gasteiger partial charge on any atom is -0.295 e. The van der Waals surface area contributed by atoms with Crippen molar-refractivity contribution in [3.05, 3.63) is 35.9 Å². The zero-order valence-corrected chi connectivity index (χ0v) is 14.9. The van der Waals surface area contributed by atoms with Gasteiger partial charge in [0.2, 0.25) is 0 Å². The molecule has 2 aliphatic rings. The van der Waals surface area contributed by atoms with Gasteiger partial charge < -0.3 is 0 Å². The molecule has 0 unspecified atom stereocenters. The molecule has 0 bridgehead atoms. The van der Waals surface area contributed by atoms with Crippen molar-refractivity contribution in [3.63, 3.8) is 0 Å². The Bertz CT molecular complexity index is 618. The second-order valence-corrected chi connectivity index (χ2v) is 8.87. The summed E-state index contributed by atoms with van der Waals surface area (Å²) in [6.45, 7) is 2.63. The predicted octanol–water partition coefficient (Wildman–Crippen LogP) is 1.92. The molecule has 3 rings (SSSR count). The quantitative estimate of drug-likeness (QED) is 0.824. The van der Waals surface area contributed by atoms with Gasteiger partial charge in [-0.3, -0.25) is 4.90 Å². The standard InChI is InChI=1S/C17H27N3O2S/c1-18(2)23(21,22)20-13-7-11-17(20)16-10-6-12-19(16)14-15-8-4-3-5-9-15/h3-5,8-9,16-17H,6-7,10-14H2,1-2H3/t16-,17-/m1/s1. The Balaban J connectivity index is 1.76. The molecule has 0 saturated carbocycles. The molecule has 2 heterocycles. The molecule has 0 aromatic heterocycles. The van der Waals surface area contributed by atoms with Crippen LogP contribution in [-0.2, 0) is 16.8 Å². The van der Waals surface area contributed by atoms with Gasteiger partial charge in [0.05, 0.1) is 0 Å². The van der Waals surface area contributed by atoms with E-state index in [2.05, 4.69) is 29.2 Å². The van der Waals surface area contributed by atoms with Crippen LogP contribution in [-0.4, -0.2) is 61.2 Å². The largest absolute Gasteiger partial charge is 0.295 e. The normalized spacial score (nSPS) is 27.1. The molecule has 23 heavy (non-hydrogen) atoms. The topological polar surface area (TPSA) is 43.9 Å². The molecular formula is C17H27N3O2S. The molecule has 2 saturated heterocycles. The summed E-state index contributed by atoms with van der Waals surface area (Å²) >= 11 is 0. The van der Waals surface area contributed by atoms with Crippen LogP contribution in [0.15, 0.2) is 30.3 Å². The summed E-state index contributed by atoms with van der Waals surface area (Å²) in [5.41, 5.74) is 1.31. The van der Waals surface area contributed by atoms with Crippen molar-refractivity contribution in [1.82, 2.24) is 13.5 Å². The maximum Gasteiger partial charge on any atom is 0.281 e. The molecule has 0 spiro atoms. The zero-order chi connectivity index (χ0) is 16.4. The monoisotopic (exact) mass is 337 g/mol. The van der Waals surface area contributed by atoms with Crippen LogP contribution >= 0.6 is 0 Å². The molecule has 0 aliphatic carbocycles. The highest BCUT2D eigenvalue weighted by Gasteiger charge is 2.43. The van der Waals surface area contributed by atoms with Crippen LogP contribution in [0.1, 0.15) is 31.2 Å².